The molecule has 54 valence electrons. The van der Waals surface area contributed by atoms with Crippen LogP contribution in [0.15, 0.2) is 0 Å². The number of hydrogen-bond donors (Lipinski definition) is 0. The van der Waals surface area contributed by atoms with E-state index in [0.29, 0.717) is 0 Å². The minimum atomic E-state index is 0.722. The van der Waals surface area contributed by atoms with Crippen LogP contribution in [-0.4, -0.2) is 37.2 Å². The van der Waals surface area contributed by atoms with Gasteiger partial charge in [0.25, 0.3) is 0 Å². The van der Waals surface area contributed by atoms with Gasteiger partial charge in [0.05, 0.1) is 19.3 Å². The van der Waals surface area contributed by atoms with Gasteiger partial charge in [-0.2, -0.15) is 0 Å². The summed E-state index contributed by atoms with van der Waals surface area (Å²) in [5, 5.41) is 0. The van der Waals surface area contributed by atoms with Gasteiger partial charge >= 0.3 is 0 Å². The van der Waals surface area contributed by atoms with Crippen LogP contribution in [-0.2, 0) is 4.74 Å². The van der Waals surface area contributed by atoms with Crippen molar-refractivity contribution in [3.05, 3.63) is 0 Å². The van der Waals surface area contributed by atoms with Crippen molar-refractivity contribution in [3.63, 3.8) is 0 Å². The zero-order chi connectivity index (χ0) is 6.69. The van der Waals surface area contributed by atoms with Gasteiger partial charge in [-0.15, -0.1) is 0 Å². The van der Waals surface area contributed by atoms with Gasteiger partial charge in [-0.1, -0.05) is 13.8 Å². The van der Waals surface area contributed by atoms with Gasteiger partial charge in [0.2, 0.25) is 0 Å². The Morgan fingerprint density at radius 1 is 1.33 bits per heavy atom. The molecule has 0 aromatic heterocycles. The Labute approximate surface area is 56.8 Å². The number of likely N-dealkylation sites (N-methyl/N-ethyl adjacent to an activating group) is 1. The first-order chi connectivity index (χ1) is 4.38. The van der Waals surface area contributed by atoms with Crippen LogP contribution in [0, 0.1) is 0 Å². The van der Waals surface area contributed by atoms with E-state index >= 15 is 0 Å². The average Bonchev–Trinajstić information content (AvgIpc) is 1.78. The summed E-state index contributed by atoms with van der Waals surface area (Å²) < 4.78 is 5.08. The molecule has 0 saturated carbocycles. The number of hydrogen-bond acceptors (Lipinski definition) is 2. The smallest absolute Gasteiger partial charge is 0.0645 e. The maximum atomic E-state index is 5.08. The Morgan fingerprint density at radius 2 is 1.89 bits per heavy atom. The monoisotopic (exact) mass is 129 g/mol. The Morgan fingerprint density at radius 3 is 2.00 bits per heavy atom. The SMILES string of the molecule is CCN(CC)C1COC1. The van der Waals surface area contributed by atoms with E-state index in [1.165, 1.54) is 0 Å². The summed E-state index contributed by atoms with van der Waals surface area (Å²) in [7, 11) is 0. The van der Waals surface area contributed by atoms with Gasteiger partial charge in [0.1, 0.15) is 0 Å². The summed E-state index contributed by atoms with van der Waals surface area (Å²) in [6, 6.07) is 0.722. The minimum Gasteiger partial charge on any atom is -0.378 e. The highest BCUT2D eigenvalue weighted by Crippen LogP contribution is 2.08. The van der Waals surface area contributed by atoms with E-state index in [9.17, 15) is 0 Å². The normalized spacial score (nSPS) is 20.3. The number of rotatable bonds is 3. The highest BCUT2D eigenvalue weighted by atomic mass is 16.5. The fourth-order valence-electron chi connectivity index (χ4n) is 1.17. The standard InChI is InChI=1S/C7H15NO/c1-3-8(4-2)7-5-9-6-7/h7H,3-6H2,1-2H3. The van der Waals surface area contributed by atoms with Gasteiger partial charge in [-0.05, 0) is 13.1 Å². The van der Waals surface area contributed by atoms with Crippen molar-refractivity contribution in [1.82, 2.24) is 4.90 Å². The maximum absolute atomic E-state index is 5.08. The molecule has 1 rings (SSSR count). The largest absolute Gasteiger partial charge is 0.378 e. The predicted molar refractivity (Wildman–Crippen MR) is 37.5 cm³/mol. The molecule has 0 atom stereocenters. The van der Waals surface area contributed by atoms with E-state index in [1.54, 1.807) is 0 Å². The summed E-state index contributed by atoms with van der Waals surface area (Å²) in [5.41, 5.74) is 0. The summed E-state index contributed by atoms with van der Waals surface area (Å²) in [4.78, 5) is 2.43. The molecule has 0 amide bonds. The fourth-order valence-corrected chi connectivity index (χ4v) is 1.17. The van der Waals surface area contributed by atoms with Crippen molar-refractivity contribution in [2.45, 2.75) is 19.9 Å². The molecule has 0 bridgehead atoms. The Bertz CT molecular complexity index is 77.0. The zero-order valence-electron chi connectivity index (χ0n) is 6.26. The Hall–Kier alpha value is -0.0800. The number of ether oxygens (including phenoxy) is 1. The summed E-state index contributed by atoms with van der Waals surface area (Å²) in [5.74, 6) is 0. The van der Waals surface area contributed by atoms with Gasteiger partial charge in [0, 0.05) is 0 Å². The first kappa shape index (κ1) is 7.03. The number of nitrogens with zero attached hydrogens (tertiary/aromatic N) is 1. The Kier molecular flexibility index (Phi) is 2.49. The molecule has 0 N–H and O–H groups in total. The van der Waals surface area contributed by atoms with Crippen LogP contribution in [0.3, 0.4) is 0 Å². The van der Waals surface area contributed by atoms with E-state index in [4.69, 9.17) is 4.74 Å². The summed E-state index contributed by atoms with van der Waals surface area (Å²) >= 11 is 0. The molecule has 1 aliphatic heterocycles. The van der Waals surface area contributed by atoms with E-state index in [-0.39, 0.29) is 0 Å². The molecule has 0 radical (unpaired) electrons. The lowest BCUT2D eigenvalue weighted by atomic mass is 10.2. The molecule has 0 aliphatic carbocycles. The van der Waals surface area contributed by atoms with Crippen molar-refractivity contribution in [3.8, 4) is 0 Å². The van der Waals surface area contributed by atoms with Crippen LogP contribution < -0.4 is 0 Å². The van der Waals surface area contributed by atoms with E-state index in [0.717, 1.165) is 32.3 Å². The summed E-state index contributed by atoms with van der Waals surface area (Å²) in [6.45, 7) is 8.60. The molecule has 9 heavy (non-hydrogen) atoms. The molecule has 0 spiro atoms. The zero-order valence-corrected chi connectivity index (χ0v) is 6.26. The lowest BCUT2D eigenvalue weighted by Crippen LogP contribution is -2.48. The molecule has 0 unspecified atom stereocenters. The van der Waals surface area contributed by atoms with Crippen LogP contribution >= 0.6 is 0 Å². The van der Waals surface area contributed by atoms with Crippen molar-refractivity contribution in [1.29, 1.82) is 0 Å². The second-order valence-corrected chi connectivity index (χ2v) is 2.41. The quantitative estimate of drug-likeness (QED) is 0.557. The van der Waals surface area contributed by atoms with Crippen molar-refractivity contribution in [2.24, 2.45) is 0 Å². The third kappa shape index (κ3) is 1.43. The van der Waals surface area contributed by atoms with Gasteiger partial charge in [0.15, 0.2) is 0 Å². The van der Waals surface area contributed by atoms with Crippen LogP contribution in [0.4, 0.5) is 0 Å². The second kappa shape index (κ2) is 3.18. The lowest BCUT2D eigenvalue weighted by Gasteiger charge is -2.35. The molecule has 0 aromatic carbocycles. The topological polar surface area (TPSA) is 12.5 Å². The highest BCUT2D eigenvalue weighted by molar-refractivity contribution is 4.75. The second-order valence-electron chi connectivity index (χ2n) is 2.41. The molecular formula is C7H15NO. The molecule has 2 nitrogen and oxygen atoms in total. The Balaban J connectivity index is 2.19. The molecule has 1 aliphatic rings. The molecule has 1 fully saturated rings. The van der Waals surface area contributed by atoms with E-state index in [2.05, 4.69) is 18.7 Å². The summed E-state index contributed by atoms with van der Waals surface area (Å²) in [6.07, 6.45) is 0. The van der Waals surface area contributed by atoms with E-state index < -0.39 is 0 Å². The van der Waals surface area contributed by atoms with E-state index in [1.807, 2.05) is 0 Å². The molecule has 1 saturated heterocycles. The van der Waals surface area contributed by atoms with Crippen molar-refractivity contribution in [2.75, 3.05) is 26.3 Å². The predicted octanol–water partition coefficient (Wildman–Crippen LogP) is 0.727. The van der Waals surface area contributed by atoms with Crippen molar-refractivity contribution >= 4 is 0 Å². The van der Waals surface area contributed by atoms with Crippen LogP contribution in [0.1, 0.15) is 13.8 Å². The maximum Gasteiger partial charge on any atom is 0.0645 e. The van der Waals surface area contributed by atoms with Gasteiger partial charge in [-0.25, -0.2) is 0 Å². The van der Waals surface area contributed by atoms with Crippen LogP contribution in [0.25, 0.3) is 0 Å². The van der Waals surface area contributed by atoms with Gasteiger partial charge < -0.3 is 4.74 Å². The van der Waals surface area contributed by atoms with Crippen LogP contribution in [0.2, 0.25) is 0 Å². The minimum absolute atomic E-state index is 0.722. The third-order valence-electron chi connectivity index (χ3n) is 1.95. The fraction of sp³-hybridized carbons (Fsp3) is 1.00. The first-order valence-corrected chi connectivity index (χ1v) is 3.70. The first-order valence-electron chi connectivity index (χ1n) is 3.70. The average molecular weight is 129 g/mol. The van der Waals surface area contributed by atoms with Crippen LogP contribution in [0.5, 0.6) is 0 Å². The molecule has 1 heterocycles. The van der Waals surface area contributed by atoms with Gasteiger partial charge in [-0.3, -0.25) is 4.90 Å². The molecular weight excluding hydrogens is 114 g/mol. The third-order valence-corrected chi connectivity index (χ3v) is 1.95. The molecule has 2 heteroatoms. The van der Waals surface area contributed by atoms with Crippen molar-refractivity contribution < 1.29 is 4.74 Å². The lowest BCUT2D eigenvalue weighted by molar-refractivity contribution is -0.0614. The molecule has 0 aromatic rings. The highest BCUT2D eigenvalue weighted by Gasteiger charge is 2.22.